The van der Waals surface area contributed by atoms with Crippen LogP contribution in [-0.2, 0) is 10.0 Å². The number of amides is 1. The minimum Gasteiger partial charge on any atom is -0.356 e. The van der Waals surface area contributed by atoms with Crippen molar-refractivity contribution in [1.29, 1.82) is 0 Å². The molecule has 0 fully saturated rings. The molecule has 6 nitrogen and oxygen atoms in total. The first-order valence-corrected chi connectivity index (χ1v) is 8.03. The Balaban J connectivity index is 2.35. The zero-order chi connectivity index (χ0) is 15.8. The second kappa shape index (κ2) is 5.86. The highest BCUT2D eigenvalue weighted by Gasteiger charge is 2.17. The first kappa shape index (κ1) is 16.1. The number of H-pyrrole nitrogens is 1. The number of nitrogens with one attached hydrogen (secondary N) is 2. The van der Waals surface area contributed by atoms with E-state index < -0.39 is 15.9 Å². The second-order valence-corrected chi connectivity index (χ2v) is 6.80. The quantitative estimate of drug-likeness (QED) is 0.775. The van der Waals surface area contributed by atoms with Gasteiger partial charge in [0.05, 0.1) is 25.7 Å². The summed E-state index contributed by atoms with van der Waals surface area (Å²) in [6.07, 6.45) is 1.43. The Kier molecular flexibility index (Phi) is 4.50. The van der Waals surface area contributed by atoms with Gasteiger partial charge in [0, 0.05) is 6.20 Å². The highest BCUT2D eigenvalue weighted by molar-refractivity contribution is 7.89. The van der Waals surface area contributed by atoms with Crippen LogP contribution in [0, 0.1) is 0 Å². The van der Waals surface area contributed by atoms with E-state index in [0.717, 1.165) is 12.1 Å². The summed E-state index contributed by atoms with van der Waals surface area (Å²) in [6.45, 7) is 0. The van der Waals surface area contributed by atoms with Crippen molar-refractivity contribution in [2.75, 3.05) is 5.32 Å². The lowest BCUT2D eigenvalue weighted by atomic mass is 10.3. The Labute approximate surface area is 135 Å². The van der Waals surface area contributed by atoms with Crippen LogP contribution >= 0.6 is 34.8 Å². The third kappa shape index (κ3) is 3.69. The topological polar surface area (TPSA) is 105 Å². The molecule has 0 spiro atoms. The van der Waals surface area contributed by atoms with Gasteiger partial charge in [-0.3, -0.25) is 4.79 Å². The Morgan fingerprint density at radius 2 is 1.71 bits per heavy atom. The third-order valence-electron chi connectivity index (χ3n) is 2.48. The summed E-state index contributed by atoms with van der Waals surface area (Å²) in [6, 6.07) is 3.61. The van der Waals surface area contributed by atoms with Crippen LogP contribution in [0.1, 0.15) is 10.5 Å². The molecule has 1 heterocycles. The number of nitrogens with two attached hydrogens (primary N) is 1. The number of carbonyl (C=O) groups excluding carboxylic acids is 1. The van der Waals surface area contributed by atoms with Gasteiger partial charge in [-0.25, -0.2) is 13.6 Å². The molecule has 0 radical (unpaired) electrons. The van der Waals surface area contributed by atoms with Crippen LogP contribution in [0.15, 0.2) is 29.3 Å². The van der Waals surface area contributed by atoms with Crippen molar-refractivity contribution in [1.82, 2.24) is 4.98 Å². The molecule has 10 heteroatoms. The van der Waals surface area contributed by atoms with Crippen LogP contribution in [0.2, 0.25) is 15.1 Å². The molecule has 21 heavy (non-hydrogen) atoms. The number of carbonyl (C=O) groups is 1. The van der Waals surface area contributed by atoms with E-state index in [0.29, 0.717) is 5.02 Å². The van der Waals surface area contributed by atoms with Gasteiger partial charge >= 0.3 is 0 Å². The van der Waals surface area contributed by atoms with E-state index in [4.69, 9.17) is 39.9 Å². The van der Waals surface area contributed by atoms with Crippen molar-refractivity contribution in [3.63, 3.8) is 0 Å². The molecule has 4 N–H and O–H groups in total. The minimum absolute atomic E-state index is 0.0578. The van der Waals surface area contributed by atoms with Crippen LogP contribution in [0.25, 0.3) is 0 Å². The maximum Gasteiger partial charge on any atom is 0.272 e. The molecule has 0 aliphatic heterocycles. The molecule has 2 aromatic rings. The molecule has 2 rings (SSSR count). The first-order valence-electron chi connectivity index (χ1n) is 5.35. The predicted molar refractivity (Wildman–Crippen MR) is 81.6 cm³/mol. The molecule has 0 bridgehead atoms. The number of aromatic amines is 1. The van der Waals surface area contributed by atoms with Gasteiger partial charge in [0.25, 0.3) is 5.91 Å². The lowest BCUT2D eigenvalue weighted by Crippen LogP contribution is -2.15. The summed E-state index contributed by atoms with van der Waals surface area (Å²) in [4.78, 5) is 14.4. The molecule has 1 amide bonds. The van der Waals surface area contributed by atoms with Crippen molar-refractivity contribution in [3.05, 3.63) is 45.2 Å². The van der Waals surface area contributed by atoms with E-state index in [9.17, 15) is 13.2 Å². The summed E-state index contributed by atoms with van der Waals surface area (Å²) < 4.78 is 22.5. The molecule has 0 saturated heterocycles. The first-order chi connectivity index (χ1) is 9.68. The number of halogens is 3. The van der Waals surface area contributed by atoms with E-state index in [1.165, 1.54) is 12.3 Å². The van der Waals surface area contributed by atoms with Crippen molar-refractivity contribution in [3.8, 4) is 0 Å². The monoisotopic (exact) mass is 367 g/mol. The number of rotatable bonds is 3. The van der Waals surface area contributed by atoms with Gasteiger partial charge in [0.1, 0.15) is 5.69 Å². The highest BCUT2D eigenvalue weighted by atomic mass is 35.5. The van der Waals surface area contributed by atoms with E-state index in [1.807, 2.05) is 0 Å². The van der Waals surface area contributed by atoms with E-state index in [2.05, 4.69) is 10.3 Å². The van der Waals surface area contributed by atoms with Crippen molar-refractivity contribution in [2.45, 2.75) is 4.90 Å². The van der Waals surface area contributed by atoms with Gasteiger partial charge in [-0.1, -0.05) is 34.8 Å². The standard InChI is InChI=1S/C11H8Cl3N3O3S/c12-5-1-9(16-4-5)11(18)17-10-7(13)2-6(3-8(10)14)21(15,19)20/h1-4,16H,(H,17,18)(H2,15,19,20). The van der Waals surface area contributed by atoms with Crippen LogP contribution in [0.5, 0.6) is 0 Å². The number of benzene rings is 1. The van der Waals surface area contributed by atoms with Crippen LogP contribution in [0.3, 0.4) is 0 Å². The number of aromatic nitrogens is 1. The van der Waals surface area contributed by atoms with Gasteiger partial charge in [-0.15, -0.1) is 0 Å². The zero-order valence-corrected chi connectivity index (χ0v) is 13.2. The molecule has 1 aromatic heterocycles. The van der Waals surface area contributed by atoms with Gasteiger partial charge in [0.2, 0.25) is 10.0 Å². The lowest BCUT2D eigenvalue weighted by Gasteiger charge is -2.10. The molecule has 0 unspecified atom stereocenters. The fourth-order valence-corrected chi connectivity index (χ4v) is 2.95. The van der Waals surface area contributed by atoms with Crippen LogP contribution in [0.4, 0.5) is 5.69 Å². The van der Waals surface area contributed by atoms with E-state index >= 15 is 0 Å². The van der Waals surface area contributed by atoms with E-state index in [-0.39, 0.29) is 26.3 Å². The van der Waals surface area contributed by atoms with Crippen molar-refractivity contribution in [2.24, 2.45) is 5.14 Å². The van der Waals surface area contributed by atoms with Crippen molar-refractivity contribution < 1.29 is 13.2 Å². The Morgan fingerprint density at radius 1 is 1.14 bits per heavy atom. The van der Waals surface area contributed by atoms with Crippen LogP contribution < -0.4 is 10.5 Å². The van der Waals surface area contributed by atoms with Gasteiger partial charge in [0.15, 0.2) is 0 Å². The summed E-state index contributed by atoms with van der Waals surface area (Å²) in [5.41, 5.74) is 0.268. The smallest absolute Gasteiger partial charge is 0.272 e. The molecule has 0 atom stereocenters. The largest absolute Gasteiger partial charge is 0.356 e. The van der Waals surface area contributed by atoms with Crippen molar-refractivity contribution >= 4 is 56.4 Å². The summed E-state index contributed by atoms with van der Waals surface area (Å²) in [5, 5.41) is 7.69. The molecule has 0 saturated carbocycles. The number of hydrogen-bond acceptors (Lipinski definition) is 3. The highest BCUT2D eigenvalue weighted by Crippen LogP contribution is 2.33. The fraction of sp³-hybridized carbons (Fsp3) is 0. The normalized spacial score (nSPS) is 11.4. The number of hydrogen-bond donors (Lipinski definition) is 3. The Bertz CT molecular complexity index is 794. The summed E-state index contributed by atoms with van der Waals surface area (Å²) in [7, 11) is -3.95. The second-order valence-electron chi connectivity index (χ2n) is 3.99. The number of anilines is 1. The number of primary sulfonamides is 1. The SMILES string of the molecule is NS(=O)(=O)c1cc(Cl)c(NC(=O)c2cc(Cl)c[nH]2)c(Cl)c1. The maximum absolute atomic E-state index is 12.0. The molecule has 0 aliphatic carbocycles. The summed E-state index contributed by atoms with van der Waals surface area (Å²) in [5.74, 6) is -0.533. The average molecular weight is 369 g/mol. The maximum atomic E-state index is 12.0. The third-order valence-corrected chi connectivity index (χ3v) is 4.18. The molecule has 112 valence electrons. The molecular formula is C11H8Cl3N3O3S. The minimum atomic E-state index is -3.95. The van der Waals surface area contributed by atoms with E-state index in [1.54, 1.807) is 0 Å². The predicted octanol–water partition coefficient (Wildman–Crippen LogP) is 2.87. The fourth-order valence-electron chi connectivity index (χ4n) is 1.51. The van der Waals surface area contributed by atoms with Gasteiger partial charge in [-0.2, -0.15) is 0 Å². The average Bonchev–Trinajstić information content (AvgIpc) is 2.79. The molecular weight excluding hydrogens is 361 g/mol. The zero-order valence-electron chi connectivity index (χ0n) is 10.2. The summed E-state index contributed by atoms with van der Waals surface area (Å²) >= 11 is 17.5. The van der Waals surface area contributed by atoms with Gasteiger partial charge < -0.3 is 10.3 Å². The lowest BCUT2D eigenvalue weighted by molar-refractivity contribution is 0.102. The van der Waals surface area contributed by atoms with Gasteiger partial charge in [-0.05, 0) is 18.2 Å². The Morgan fingerprint density at radius 3 is 2.14 bits per heavy atom. The Hall–Kier alpha value is -1.25. The molecule has 0 aliphatic rings. The number of sulfonamides is 1. The molecule has 1 aromatic carbocycles. The van der Waals surface area contributed by atoms with Crippen LogP contribution in [-0.4, -0.2) is 19.3 Å².